The second kappa shape index (κ2) is 4.80. The van der Waals surface area contributed by atoms with E-state index in [9.17, 15) is 9.18 Å². The molecule has 5 heteroatoms. The Balaban J connectivity index is 0.00000128. The van der Waals surface area contributed by atoms with E-state index in [4.69, 9.17) is 5.73 Å². The molecule has 1 saturated carbocycles. The molecular weight excluding hydrogens is 231 g/mol. The van der Waals surface area contributed by atoms with Crippen LogP contribution in [0.1, 0.15) is 18.4 Å². The SMILES string of the molecule is Cl.NC1(C(=O)NCc2ccc(F)cc2)CC1. The summed E-state index contributed by atoms with van der Waals surface area (Å²) in [7, 11) is 0. The van der Waals surface area contributed by atoms with Crippen molar-refractivity contribution in [2.45, 2.75) is 24.9 Å². The Morgan fingerprint density at radius 2 is 1.94 bits per heavy atom. The van der Waals surface area contributed by atoms with E-state index in [-0.39, 0.29) is 24.1 Å². The van der Waals surface area contributed by atoms with Crippen molar-refractivity contribution < 1.29 is 9.18 Å². The van der Waals surface area contributed by atoms with Crippen LogP contribution < -0.4 is 11.1 Å². The number of amides is 1. The largest absolute Gasteiger partial charge is 0.350 e. The molecule has 1 aliphatic rings. The van der Waals surface area contributed by atoms with Gasteiger partial charge < -0.3 is 11.1 Å². The Morgan fingerprint density at radius 3 is 2.44 bits per heavy atom. The van der Waals surface area contributed by atoms with Crippen molar-refractivity contribution in [3.05, 3.63) is 35.6 Å². The van der Waals surface area contributed by atoms with Gasteiger partial charge in [0, 0.05) is 6.54 Å². The van der Waals surface area contributed by atoms with Crippen molar-refractivity contribution in [2.75, 3.05) is 0 Å². The molecule has 1 aromatic rings. The second-order valence-electron chi connectivity index (χ2n) is 3.97. The highest BCUT2D eigenvalue weighted by Crippen LogP contribution is 2.32. The van der Waals surface area contributed by atoms with Gasteiger partial charge in [-0.05, 0) is 30.5 Å². The highest BCUT2D eigenvalue weighted by Gasteiger charge is 2.45. The van der Waals surface area contributed by atoms with Crippen LogP contribution >= 0.6 is 12.4 Å². The van der Waals surface area contributed by atoms with E-state index in [0.29, 0.717) is 6.54 Å². The number of carbonyl (C=O) groups excluding carboxylic acids is 1. The summed E-state index contributed by atoms with van der Waals surface area (Å²) >= 11 is 0. The standard InChI is InChI=1S/C11H13FN2O.ClH/c12-9-3-1-8(2-4-9)7-14-10(15)11(13)5-6-11;/h1-4H,5-7,13H2,(H,14,15);1H. The molecular formula is C11H14ClFN2O. The zero-order valence-corrected chi connectivity index (χ0v) is 9.52. The van der Waals surface area contributed by atoms with Gasteiger partial charge >= 0.3 is 0 Å². The molecule has 1 aliphatic carbocycles. The number of rotatable bonds is 3. The first-order valence-corrected chi connectivity index (χ1v) is 4.92. The Bertz CT molecular complexity index is 376. The van der Waals surface area contributed by atoms with Gasteiger partial charge in [-0.15, -0.1) is 12.4 Å². The van der Waals surface area contributed by atoms with Crippen molar-refractivity contribution >= 4 is 18.3 Å². The molecule has 0 atom stereocenters. The predicted octanol–water partition coefficient (Wildman–Crippen LogP) is 1.35. The average molecular weight is 245 g/mol. The van der Waals surface area contributed by atoms with Crippen molar-refractivity contribution in [2.24, 2.45) is 5.73 Å². The summed E-state index contributed by atoms with van der Waals surface area (Å²) in [4.78, 5) is 11.5. The quantitative estimate of drug-likeness (QED) is 0.844. The molecule has 1 aromatic carbocycles. The fraction of sp³-hybridized carbons (Fsp3) is 0.364. The van der Waals surface area contributed by atoms with Gasteiger partial charge in [-0.25, -0.2) is 4.39 Å². The monoisotopic (exact) mass is 244 g/mol. The zero-order chi connectivity index (χ0) is 10.9. The minimum Gasteiger partial charge on any atom is -0.350 e. The first-order valence-electron chi connectivity index (χ1n) is 4.92. The number of carbonyl (C=O) groups is 1. The van der Waals surface area contributed by atoms with Gasteiger partial charge in [0.1, 0.15) is 5.82 Å². The van der Waals surface area contributed by atoms with Crippen LogP contribution in [0.15, 0.2) is 24.3 Å². The van der Waals surface area contributed by atoms with Crippen LogP contribution in [0.3, 0.4) is 0 Å². The van der Waals surface area contributed by atoms with Crippen molar-refractivity contribution in [1.29, 1.82) is 0 Å². The molecule has 0 bridgehead atoms. The molecule has 1 amide bonds. The molecule has 0 aromatic heterocycles. The Hall–Kier alpha value is -1.13. The molecule has 88 valence electrons. The molecule has 0 radical (unpaired) electrons. The predicted molar refractivity (Wildman–Crippen MR) is 61.6 cm³/mol. The van der Waals surface area contributed by atoms with Crippen molar-refractivity contribution in [1.82, 2.24) is 5.32 Å². The molecule has 2 rings (SSSR count). The van der Waals surface area contributed by atoms with Crippen LogP contribution in [0.2, 0.25) is 0 Å². The van der Waals surface area contributed by atoms with Crippen LogP contribution in [-0.2, 0) is 11.3 Å². The molecule has 3 nitrogen and oxygen atoms in total. The minimum atomic E-state index is -0.639. The number of nitrogens with one attached hydrogen (secondary N) is 1. The fourth-order valence-corrected chi connectivity index (χ4v) is 1.32. The Labute approximate surface area is 99.6 Å². The summed E-state index contributed by atoms with van der Waals surface area (Å²) in [5.74, 6) is -0.394. The van der Waals surface area contributed by atoms with Crippen LogP contribution in [0, 0.1) is 5.82 Å². The summed E-state index contributed by atoms with van der Waals surface area (Å²) in [5, 5.41) is 2.73. The van der Waals surface area contributed by atoms with E-state index in [1.165, 1.54) is 12.1 Å². The van der Waals surface area contributed by atoms with Crippen LogP contribution in [0.5, 0.6) is 0 Å². The van der Waals surface area contributed by atoms with Gasteiger partial charge in [-0.3, -0.25) is 4.79 Å². The molecule has 0 unspecified atom stereocenters. The van der Waals surface area contributed by atoms with Crippen molar-refractivity contribution in [3.63, 3.8) is 0 Å². The van der Waals surface area contributed by atoms with Gasteiger partial charge in [0.2, 0.25) is 5.91 Å². The maximum Gasteiger partial charge on any atom is 0.240 e. The summed E-state index contributed by atoms with van der Waals surface area (Å²) in [6.07, 6.45) is 1.50. The van der Waals surface area contributed by atoms with Crippen molar-refractivity contribution in [3.8, 4) is 0 Å². The third-order valence-corrected chi connectivity index (χ3v) is 2.61. The summed E-state index contributed by atoms with van der Waals surface area (Å²) in [6.45, 7) is 0.401. The maximum atomic E-state index is 12.6. The van der Waals surface area contributed by atoms with Gasteiger partial charge in [0.05, 0.1) is 5.54 Å². The first-order chi connectivity index (χ1) is 7.10. The number of hydrogen-bond acceptors (Lipinski definition) is 2. The number of halogens is 2. The lowest BCUT2D eigenvalue weighted by molar-refractivity contribution is -0.123. The molecule has 1 fully saturated rings. The van der Waals surface area contributed by atoms with Crippen LogP contribution in [0.4, 0.5) is 4.39 Å². The van der Waals surface area contributed by atoms with Gasteiger partial charge in [0.15, 0.2) is 0 Å². The van der Waals surface area contributed by atoms with E-state index in [1.54, 1.807) is 12.1 Å². The highest BCUT2D eigenvalue weighted by atomic mass is 35.5. The van der Waals surface area contributed by atoms with Gasteiger partial charge in [-0.1, -0.05) is 12.1 Å². The lowest BCUT2D eigenvalue weighted by atomic mass is 10.2. The van der Waals surface area contributed by atoms with E-state index < -0.39 is 5.54 Å². The maximum absolute atomic E-state index is 12.6. The highest BCUT2D eigenvalue weighted by molar-refractivity contribution is 5.88. The molecule has 0 spiro atoms. The lowest BCUT2D eigenvalue weighted by Crippen LogP contribution is -2.42. The van der Waals surface area contributed by atoms with Crippen LogP contribution in [-0.4, -0.2) is 11.4 Å². The van der Waals surface area contributed by atoms with Crippen LogP contribution in [0.25, 0.3) is 0 Å². The number of hydrogen-bond donors (Lipinski definition) is 2. The molecule has 16 heavy (non-hydrogen) atoms. The molecule has 0 heterocycles. The normalized spacial score (nSPS) is 16.1. The number of benzene rings is 1. The third-order valence-electron chi connectivity index (χ3n) is 2.61. The van der Waals surface area contributed by atoms with Gasteiger partial charge in [0.25, 0.3) is 0 Å². The zero-order valence-electron chi connectivity index (χ0n) is 8.70. The summed E-state index contributed by atoms with van der Waals surface area (Å²) in [6, 6.07) is 6.03. The number of nitrogens with two attached hydrogens (primary N) is 1. The van der Waals surface area contributed by atoms with E-state index in [1.807, 2.05) is 0 Å². The third kappa shape index (κ3) is 2.93. The lowest BCUT2D eigenvalue weighted by Gasteiger charge is -2.09. The van der Waals surface area contributed by atoms with Gasteiger partial charge in [-0.2, -0.15) is 0 Å². The first kappa shape index (κ1) is 12.9. The Morgan fingerprint density at radius 1 is 1.38 bits per heavy atom. The average Bonchev–Trinajstić information content (AvgIpc) is 2.97. The minimum absolute atomic E-state index is 0. The summed E-state index contributed by atoms with van der Waals surface area (Å²) in [5.41, 5.74) is 5.94. The molecule has 0 saturated heterocycles. The smallest absolute Gasteiger partial charge is 0.240 e. The second-order valence-corrected chi connectivity index (χ2v) is 3.97. The summed E-state index contributed by atoms with van der Waals surface area (Å²) < 4.78 is 12.6. The Kier molecular flexibility index (Phi) is 3.88. The van der Waals surface area contributed by atoms with E-state index in [0.717, 1.165) is 18.4 Å². The van der Waals surface area contributed by atoms with E-state index >= 15 is 0 Å². The molecule has 0 aliphatic heterocycles. The van der Waals surface area contributed by atoms with E-state index in [2.05, 4.69) is 5.32 Å². The molecule has 3 N–H and O–H groups in total. The fourth-order valence-electron chi connectivity index (χ4n) is 1.32. The topological polar surface area (TPSA) is 55.1 Å².